The van der Waals surface area contributed by atoms with E-state index in [2.05, 4.69) is 5.32 Å². The van der Waals surface area contributed by atoms with Crippen molar-refractivity contribution in [1.29, 1.82) is 0 Å². The van der Waals surface area contributed by atoms with Gasteiger partial charge < -0.3 is 5.32 Å². The second-order valence-corrected chi connectivity index (χ2v) is 7.23. The first-order valence-corrected chi connectivity index (χ1v) is 8.53. The molecular formula is C15H10ClFN2O4S. The van der Waals surface area contributed by atoms with Gasteiger partial charge in [-0.3, -0.25) is 9.59 Å². The molecule has 0 unspecified atom stereocenters. The van der Waals surface area contributed by atoms with Crippen molar-refractivity contribution >= 4 is 39.1 Å². The Labute approximate surface area is 141 Å². The number of nitrogens with zero attached hydrogens (tertiary/aromatic N) is 1. The van der Waals surface area contributed by atoms with Crippen LogP contribution in [0.25, 0.3) is 0 Å². The number of amides is 2. The van der Waals surface area contributed by atoms with Crippen LogP contribution in [0.5, 0.6) is 0 Å². The molecule has 2 aromatic rings. The van der Waals surface area contributed by atoms with E-state index in [1.165, 1.54) is 36.4 Å². The van der Waals surface area contributed by atoms with Crippen molar-refractivity contribution in [2.45, 2.75) is 4.90 Å². The zero-order valence-corrected chi connectivity index (χ0v) is 13.6. The SMILES string of the molecule is O=C(CN1C(=O)c2ccccc2S1(=O)=O)Nc1ccc(F)c(Cl)c1. The van der Waals surface area contributed by atoms with Gasteiger partial charge in [0.25, 0.3) is 15.9 Å². The van der Waals surface area contributed by atoms with E-state index in [0.29, 0.717) is 4.31 Å². The lowest BCUT2D eigenvalue weighted by atomic mass is 10.2. The third-order valence-corrected chi connectivity index (χ3v) is 5.48. The van der Waals surface area contributed by atoms with E-state index in [1.54, 1.807) is 0 Å². The van der Waals surface area contributed by atoms with E-state index < -0.39 is 34.2 Å². The molecule has 1 N–H and O–H groups in total. The van der Waals surface area contributed by atoms with E-state index in [1.807, 2.05) is 0 Å². The largest absolute Gasteiger partial charge is 0.324 e. The van der Waals surface area contributed by atoms with Gasteiger partial charge in [0.2, 0.25) is 5.91 Å². The molecule has 1 aliphatic rings. The maximum Gasteiger partial charge on any atom is 0.269 e. The lowest BCUT2D eigenvalue weighted by Crippen LogP contribution is -2.37. The van der Waals surface area contributed by atoms with Crippen LogP contribution in [0.3, 0.4) is 0 Å². The van der Waals surface area contributed by atoms with E-state index in [-0.39, 0.29) is 21.2 Å². The van der Waals surface area contributed by atoms with Crippen LogP contribution in [0.2, 0.25) is 5.02 Å². The summed E-state index contributed by atoms with van der Waals surface area (Å²) in [7, 11) is -4.06. The van der Waals surface area contributed by atoms with Gasteiger partial charge in [-0.25, -0.2) is 17.1 Å². The van der Waals surface area contributed by atoms with Crippen molar-refractivity contribution in [2.24, 2.45) is 0 Å². The molecule has 3 rings (SSSR count). The topological polar surface area (TPSA) is 83.6 Å². The lowest BCUT2D eigenvalue weighted by molar-refractivity contribution is -0.116. The first-order valence-electron chi connectivity index (χ1n) is 6.72. The van der Waals surface area contributed by atoms with Crippen molar-refractivity contribution in [1.82, 2.24) is 4.31 Å². The minimum Gasteiger partial charge on any atom is -0.324 e. The number of hydrogen-bond donors (Lipinski definition) is 1. The Morgan fingerprint density at radius 1 is 1.21 bits per heavy atom. The third kappa shape index (κ3) is 2.74. The van der Waals surface area contributed by atoms with Gasteiger partial charge in [0.05, 0.1) is 10.6 Å². The molecule has 0 fully saturated rings. The summed E-state index contributed by atoms with van der Waals surface area (Å²) in [5, 5.41) is 2.18. The van der Waals surface area contributed by atoms with Crippen LogP contribution in [0.1, 0.15) is 10.4 Å². The number of nitrogens with one attached hydrogen (secondary N) is 1. The van der Waals surface area contributed by atoms with Gasteiger partial charge in [0.1, 0.15) is 17.3 Å². The molecule has 1 heterocycles. The fourth-order valence-electron chi connectivity index (χ4n) is 2.29. The van der Waals surface area contributed by atoms with Gasteiger partial charge in [0.15, 0.2) is 0 Å². The van der Waals surface area contributed by atoms with Crippen molar-refractivity contribution in [2.75, 3.05) is 11.9 Å². The monoisotopic (exact) mass is 368 g/mol. The van der Waals surface area contributed by atoms with Crippen molar-refractivity contribution in [3.63, 3.8) is 0 Å². The van der Waals surface area contributed by atoms with Crippen LogP contribution >= 0.6 is 11.6 Å². The van der Waals surface area contributed by atoms with E-state index in [0.717, 1.165) is 6.07 Å². The number of fused-ring (bicyclic) bond motifs is 1. The Balaban J connectivity index is 1.80. The highest BCUT2D eigenvalue weighted by Crippen LogP contribution is 2.29. The molecule has 2 aromatic carbocycles. The normalized spacial score (nSPS) is 15.2. The Kier molecular flexibility index (Phi) is 4.02. The second-order valence-electron chi connectivity index (χ2n) is 4.99. The lowest BCUT2D eigenvalue weighted by Gasteiger charge is -2.14. The maximum atomic E-state index is 13.1. The summed E-state index contributed by atoms with van der Waals surface area (Å²) >= 11 is 5.61. The highest BCUT2D eigenvalue weighted by atomic mass is 35.5. The summed E-state index contributed by atoms with van der Waals surface area (Å²) in [6.45, 7) is -0.690. The molecule has 124 valence electrons. The zero-order valence-electron chi connectivity index (χ0n) is 12.0. The summed E-state index contributed by atoms with van der Waals surface area (Å²) in [6.07, 6.45) is 0. The first-order chi connectivity index (χ1) is 11.3. The van der Waals surface area contributed by atoms with Gasteiger partial charge in [-0.05, 0) is 30.3 Å². The van der Waals surface area contributed by atoms with Crippen molar-refractivity contribution in [3.05, 3.63) is 58.9 Å². The molecular weight excluding hydrogens is 359 g/mol. The average molecular weight is 369 g/mol. The van der Waals surface area contributed by atoms with Gasteiger partial charge in [0, 0.05) is 5.69 Å². The smallest absolute Gasteiger partial charge is 0.269 e. The number of carbonyl (C=O) groups is 2. The molecule has 24 heavy (non-hydrogen) atoms. The molecule has 0 saturated carbocycles. The standard InChI is InChI=1S/C15H10ClFN2O4S/c16-11-7-9(5-6-12(11)17)18-14(20)8-19-15(21)10-3-1-2-4-13(10)24(19,22)23/h1-7H,8H2,(H,18,20). The van der Waals surface area contributed by atoms with Crippen LogP contribution in [-0.2, 0) is 14.8 Å². The molecule has 9 heteroatoms. The van der Waals surface area contributed by atoms with Crippen LogP contribution in [0.15, 0.2) is 47.4 Å². The number of benzene rings is 2. The molecule has 0 atom stereocenters. The van der Waals surface area contributed by atoms with Crippen LogP contribution in [0.4, 0.5) is 10.1 Å². The van der Waals surface area contributed by atoms with Gasteiger partial charge in [-0.15, -0.1) is 0 Å². The molecule has 1 aliphatic heterocycles. The predicted octanol–water partition coefficient (Wildman–Crippen LogP) is 2.26. The summed E-state index contributed by atoms with van der Waals surface area (Å²) < 4.78 is 38.3. The van der Waals surface area contributed by atoms with E-state index in [9.17, 15) is 22.4 Å². The Bertz CT molecular complexity index is 962. The maximum absolute atomic E-state index is 13.1. The number of anilines is 1. The van der Waals surface area contributed by atoms with Gasteiger partial charge in [-0.2, -0.15) is 0 Å². The minimum atomic E-state index is -4.06. The number of rotatable bonds is 3. The number of carbonyl (C=O) groups excluding carboxylic acids is 2. The number of hydrogen-bond acceptors (Lipinski definition) is 4. The summed E-state index contributed by atoms with van der Waals surface area (Å²) in [5.41, 5.74) is 0.211. The highest BCUT2D eigenvalue weighted by Gasteiger charge is 2.41. The molecule has 0 bridgehead atoms. The van der Waals surface area contributed by atoms with E-state index in [4.69, 9.17) is 11.6 Å². The summed E-state index contributed by atoms with van der Waals surface area (Å²) in [4.78, 5) is 24.1. The highest BCUT2D eigenvalue weighted by molar-refractivity contribution is 7.90. The Morgan fingerprint density at radius 3 is 2.58 bits per heavy atom. The summed E-state index contributed by atoms with van der Waals surface area (Å²) in [5.74, 6) is -2.16. The number of sulfonamides is 1. The average Bonchev–Trinajstić information content (AvgIpc) is 2.73. The van der Waals surface area contributed by atoms with Crippen LogP contribution in [-0.4, -0.2) is 31.1 Å². The Morgan fingerprint density at radius 2 is 1.92 bits per heavy atom. The van der Waals surface area contributed by atoms with Crippen LogP contribution < -0.4 is 5.32 Å². The summed E-state index contributed by atoms with van der Waals surface area (Å²) in [6, 6.07) is 9.24. The molecule has 2 amide bonds. The molecule has 0 radical (unpaired) electrons. The van der Waals surface area contributed by atoms with Crippen molar-refractivity contribution in [3.8, 4) is 0 Å². The predicted molar refractivity (Wildman–Crippen MR) is 84.7 cm³/mol. The van der Waals surface area contributed by atoms with Crippen molar-refractivity contribution < 1.29 is 22.4 Å². The van der Waals surface area contributed by atoms with Gasteiger partial charge in [-0.1, -0.05) is 23.7 Å². The fraction of sp³-hybridized carbons (Fsp3) is 0.0667. The third-order valence-electron chi connectivity index (χ3n) is 3.40. The quantitative estimate of drug-likeness (QED) is 0.900. The Hall–Kier alpha value is -2.45. The first kappa shape index (κ1) is 16.4. The van der Waals surface area contributed by atoms with Gasteiger partial charge >= 0.3 is 0 Å². The minimum absolute atomic E-state index is 0.0233. The zero-order chi connectivity index (χ0) is 17.5. The number of halogens is 2. The molecule has 0 spiro atoms. The molecule has 0 saturated heterocycles. The second kappa shape index (κ2) is 5.88. The van der Waals surface area contributed by atoms with Crippen LogP contribution in [0, 0.1) is 5.82 Å². The molecule has 0 aliphatic carbocycles. The van der Waals surface area contributed by atoms with E-state index >= 15 is 0 Å². The molecule has 0 aromatic heterocycles. The molecule has 6 nitrogen and oxygen atoms in total. The fourth-order valence-corrected chi connectivity index (χ4v) is 4.00.